The molecule has 0 atom stereocenters. The van der Waals surface area contributed by atoms with Gasteiger partial charge in [-0.05, 0) is 17.7 Å². The number of hydrogen-bond acceptors (Lipinski definition) is 7. The van der Waals surface area contributed by atoms with E-state index in [2.05, 4.69) is 25.3 Å². The van der Waals surface area contributed by atoms with E-state index < -0.39 is 10.0 Å². The fourth-order valence-electron chi connectivity index (χ4n) is 1.53. The Hall–Kier alpha value is -2.04. The van der Waals surface area contributed by atoms with Crippen molar-refractivity contribution in [1.82, 2.24) is 25.3 Å². The highest BCUT2D eigenvalue weighted by molar-refractivity contribution is 7.89. The summed E-state index contributed by atoms with van der Waals surface area (Å²) in [5.41, 5.74) is 0.555. The van der Waals surface area contributed by atoms with E-state index in [-0.39, 0.29) is 29.6 Å². The normalized spacial score (nSPS) is 11.5. The minimum atomic E-state index is -3.78. The first-order valence-corrected chi connectivity index (χ1v) is 7.05. The second kappa shape index (κ2) is 5.94. The first kappa shape index (κ1) is 14.4. The highest BCUT2D eigenvalue weighted by atomic mass is 32.2. The van der Waals surface area contributed by atoms with Crippen LogP contribution in [0.3, 0.4) is 0 Å². The average Bonchev–Trinajstić information content (AvgIpc) is 2.97. The van der Waals surface area contributed by atoms with E-state index in [0.29, 0.717) is 5.56 Å². The molecule has 0 spiro atoms. The van der Waals surface area contributed by atoms with E-state index >= 15 is 0 Å². The zero-order valence-corrected chi connectivity index (χ0v) is 11.4. The van der Waals surface area contributed by atoms with Gasteiger partial charge in [0.05, 0.1) is 20.3 Å². The molecule has 0 saturated carbocycles. The van der Waals surface area contributed by atoms with Crippen LogP contribution in [0.15, 0.2) is 23.1 Å². The van der Waals surface area contributed by atoms with Crippen LogP contribution in [-0.2, 0) is 23.2 Å². The summed E-state index contributed by atoms with van der Waals surface area (Å²) in [7, 11) is -2.43. The Balaban J connectivity index is 2.24. The van der Waals surface area contributed by atoms with Crippen LogP contribution in [0.25, 0.3) is 0 Å². The number of hydrogen-bond donors (Lipinski definition) is 3. The van der Waals surface area contributed by atoms with Crippen molar-refractivity contribution < 1.29 is 18.3 Å². The summed E-state index contributed by atoms with van der Waals surface area (Å²) in [6.45, 7) is -0.295. The predicted octanol–water partition coefficient (Wildman–Crippen LogP) is -0.821. The van der Waals surface area contributed by atoms with Gasteiger partial charge in [-0.15, -0.1) is 10.2 Å². The molecule has 10 heteroatoms. The monoisotopic (exact) mass is 299 g/mol. The fourth-order valence-corrected chi connectivity index (χ4v) is 2.66. The van der Waals surface area contributed by atoms with Crippen molar-refractivity contribution >= 4 is 10.0 Å². The molecule has 2 aromatic rings. The Morgan fingerprint density at radius 1 is 1.45 bits per heavy atom. The number of sulfonamides is 1. The largest absolute Gasteiger partial charge is 0.495 e. The number of tetrazole rings is 1. The SMILES string of the molecule is COc1cc(CO)ccc1S(=O)(=O)NCc1nn[nH]n1. The molecule has 1 heterocycles. The summed E-state index contributed by atoms with van der Waals surface area (Å²) < 4.78 is 31.7. The Morgan fingerprint density at radius 2 is 2.25 bits per heavy atom. The number of nitrogens with one attached hydrogen (secondary N) is 2. The summed E-state index contributed by atoms with van der Waals surface area (Å²) in [5, 5.41) is 21.9. The Morgan fingerprint density at radius 3 is 2.85 bits per heavy atom. The van der Waals surface area contributed by atoms with Crippen LogP contribution < -0.4 is 9.46 Å². The maximum Gasteiger partial charge on any atom is 0.244 e. The Bertz CT molecular complexity index is 671. The number of benzene rings is 1. The van der Waals surface area contributed by atoms with Gasteiger partial charge in [0.25, 0.3) is 0 Å². The van der Waals surface area contributed by atoms with Crippen LogP contribution in [0.4, 0.5) is 0 Å². The van der Waals surface area contributed by atoms with Gasteiger partial charge in [-0.1, -0.05) is 11.3 Å². The zero-order valence-electron chi connectivity index (χ0n) is 10.6. The molecule has 108 valence electrons. The molecule has 0 fully saturated rings. The number of aliphatic hydroxyl groups excluding tert-OH is 1. The van der Waals surface area contributed by atoms with Crippen molar-refractivity contribution in [2.45, 2.75) is 18.0 Å². The number of nitrogens with zero attached hydrogens (tertiary/aromatic N) is 3. The molecule has 9 nitrogen and oxygen atoms in total. The minimum Gasteiger partial charge on any atom is -0.495 e. The molecule has 1 aromatic carbocycles. The third-order valence-electron chi connectivity index (χ3n) is 2.51. The third kappa shape index (κ3) is 3.10. The lowest BCUT2D eigenvalue weighted by atomic mass is 10.2. The minimum absolute atomic E-state index is 0.0271. The van der Waals surface area contributed by atoms with Crippen molar-refractivity contribution in [1.29, 1.82) is 0 Å². The van der Waals surface area contributed by atoms with Gasteiger partial charge in [0.15, 0.2) is 5.82 Å². The number of ether oxygens (including phenoxy) is 1. The van der Waals surface area contributed by atoms with Gasteiger partial charge in [-0.25, -0.2) is 13.1 Å². The van der Waals surface area contributed by atoms with E-state index in [1.165, 1.54) is 25.3 Å². The lowest BCUT2D eigenvalue weighted by molar-refractivity contribution is 0.280. The fraction of sp³-hybridized carbons (Fsp3) is 0.300. The quantitative estimate of drug-likeness (QED) is 0.635. The van der Waals surface area contributed by atoms with Crippen LogP contribution >= 0.6 is 0 Å². The Labute approximate surface area is 115 Å². The highest BCUT2D eigenvalue weighted by Gasteiger charge is 2.20. The summed E-state index contributed by atoms with van der Waals surface area (Å²) in [6.07, 6.45) is 0. The maximum atomic E-state index is 12.2. The second-order valence-electron chi connectivity index (χ2n) is 3.80. The topological polar surface area (TPSA) is 130 Å². The number of rotatable bonds is 6. The van der Waals surface area contributed by atoms with Crippen molar-refractivity contribution in [2.75, 3.05) is 7.11 Å². The zero-order chi connectivity index (χ0) is 14.6. The van der Waals surface area contributed by atoms with Crippen molar-refractivity contribution in [3.8, 4) is 5.75 Å². The smallest absolute Gasteiger partial charge is 0.244 e. The van der Waals surface area contributed by atoms with Gasteiger partial charge in [0, 0.05) is 0 Å². The molecule has 20 heavy (non-hydrogen) atoms. The molecule has 0 aliphatic rings. The van der Waals surface area contributed by atoms with E-state index in [1.54, 1.807) is 0 Å². The van der Waals surface area contributed by atoms with Crippen LogP contribution in [0.1, 0.15) is 11.4 Å². The molecular weight excluding hydrogens is 286 g/mol. The molecule has 0 bridgehead atoms. The third-order valence-corrected chi connectivity index (χ3v) is 3.95. The molecule has 1 aromatic heterocycles. The maximum absolute atomic E-state index is 12.2. The Kier molecular flexibility index (Phi) is 4.27. The van der Waals surface area contributed by atoms with Gasteiger partial charge in [0.2, 0.25) is 10.0 Å². The molecule has 0 radical (unpaired) electrons. The first-order chi connectivity index (χ1) is 9.56. The van der Waals surface area contributed by atoms with Crippen molar-refractivity contribution in [2.24, 2.45) is 0 Å². The average molecular weight is 299 g/mol. The number of aliphatic hydroxyl groups is 1. The van der Waals surface area contributed by atoms with Crippen molar-refractivity contribution in [3.63, 3.8) is 0 Å². The van der Waals surface area contributed by atoms with Crippen LogP contribution in [-0.4, -0.2) is 41.3 Å². The molecular formula is C10H13N5O4S. The highest BCUT2D eigenvalue weighted by Crippen LogP contribution is 2.24. The molecule has 0 amide bonds. The van der Waals surface area contributed by atoms with Crippen LogP contribution in [0, 0.1) is 0 Å². The summed E-state index contributed by atoms with van der Waals surface area (Å²) in [4.78, 5) is -0.0271. The number of aromatic nitrogens is 4. The number of H-pyrrole nitrogens is 1. The van der Waals surface area contributed by atoms with Crippen molar-refractivity contribution in [3.05, 3.63) is 29.6 Å². The molecule has 0 aliphatic heterocycles. The summed E-state index contributed by atoms with van der Waals surface area (Å²) >= 11 is 0. The van der Waals surface area contributed by atoms with Gasteiger partial charge >= 0.3 is 0 Å². The van der Waals surface area contributed by atoms with Gasteiger partial charge in [0.1, 0.15) is 10.6 Å². The van der Waals surface area contributed by atoms with Crippen LogP contribution in [0.2, 0.25) is 0 Å². The molecule has 0 unspecified atom stereocenters. The standard InChI is InChI=1S/C10H13N5O4S/c1-19-8-4-7(6-16)2-3-9(8)20(17,18)11-5-10-12-14-15-13-10/h2-4,11,16H,5-6H2,1H3,(H,12,13,14,15). The summed E-state index contributed by atoms with van der Waals surface area (Å²) in [6, 6.07) is 4.33. The predicted molar refractivity (Wildman–Crippen MR) is 67.1 cm³/mol. The molecule has 2 rings (SSSR count). The van der Waals surface area contributed by atoms with E-state index in [4.69, 9.17) is 9.84 Å². The molecule has 0 aliphatic carbocycles. The first-order valence-electron chi connectivity index (χ1n) is 5.56. The van der Waals surface area contributed by atoms with E-state index in [9.17, 15) is 8.42 Å². The summed E-state index contributed by atoms with van der Waals surface area (Å²) in [5.74, 6) is 0.372. The molecule has 0 saturated heterocycles. The lowest BCUT2D eigenvalue weighted by Gasteiger charge is -2.10. The molecule has 3 N–H and O–H groups in total. The van der Waals surface area contributed by atoms with E-state index in [0.717, 1.165) is 0 Å². The van der Waals surface area contributed by atoms with Gasteiger partial charge in [-0.2, -0.15) is 5.21 Å². The lowest BCUT2D eigenvalue weighted by Crippen LogP contribution is -2.24. The van der Waals surface area contributed by atoms with E-state index in [1.807, 2.05) is 0 Å². The van der Waals surface area contributed by atoms with Gasteiger partial charge in [-0.3, -0.25) is 0 Å². The number of aromatic amines is 1. The van der Waals surface area contributed by atoms with Crippen LogP contribution in [0.5, 0.6) is 5.75 Å². The number of methoxy groups -OCH3 is 1. The van der Waals surface area contributed by atoms with Gasteiger partial charge < -0.3 is 9.84 Å². The second-order valence-corrected chi connectivity index (χ2v) is 5.53.